The van der Waals surface area contributed by atoms with Crippen LogP contribution in [0.1, 0.15) is 16.8 Å². The number of hydrogen-bond donors (Lipinski definition) is 3. The van der Waals surface area contributed by atoms with E-state index in [0.29, 0.717) is 44.1 Å². The Bertz CT molecular complexity index is 608. The summed E-state index contributed by atoms with van der Waals surface area (Å²) in [6.07, 6.45) is -0.487. The first kappa shape index (κ1) is 20.0. The van der Waals surface area contributed by atoms with E-state index in [1.165, 1.54) is 11.1 Å². The highest BCUT2D eigenvalue weighted by Crippen LogP contribution is 2.19. The minimum absolute atomic E-state index is 0.0893. The molecule has 7 nitrogen and oxygen atoms in total. The Morgan fingerprint density at radius 1 is 1.38 bits per heavy atom. The third kappa shape index (κ3) is 6.87. The second-order valence-corrected chi connectivity index (χ2v) is 5.98. The van der Waals surface area contributed by atoms with Gasteiger partial charge in [-0.3, -0.25) is 19.7 Å². The van der Waals surface area contributed by atoms with Crippen molar-refractivity contribution in [1.82, 2.24) is 25.8 Å². The van der Waals surface area contributed by atoms with Crippen LogP contribution < -0.4 is 16.0 Å². The standard InChI is InChI=1S/C16H23F3N6O/c1-20-15(24-13-4-8-25(10-13)11-16(17,18)19)23-7-6-22-14(26)12-3-2-5-21-9-12/h2-3,5,9,13H,4,6-8,10-11H2,1H3,(H,22,26)(H2,20,23,24). The maximum absolute atomic E-state index is 12.4. The number of aliphatic imine (C=N–C) groups is 1. The average Bonchev–Trinajstić information content (AvgIpc) is 3.03. The Morgan fingerprint density at radius 2 is 2.15 bits per heavy atom. The van der Waals surface area contributed by atoms with Gasteiger partial charge >= 0.3 is 6.18 Å². The Hall–Kier alpha value is -2.36. The molecule has 0 aliphatic carbocycles. The van der Waals surface area contributed by atoms with Crippen molar-refractivity contribution in [3.8, 4) is 0 Å². The van der Waals surface area contributed by atoms with Crippen LogP contribution in [0.3, 0.4) is 0 Å². The van der Waals surface area contributed by atoms with Crippen LogP contribution in [-0.2, 0) is 0 Å². The molecule has 10 heteroatoms. The van der Waals surface area contributed by atoms with Crippen molar-refractivity contribution in [2.24, 2.45) is 4.99 Å². The number of nitrogens with zero attached hydrogens (tertiary/aromatic N) is 3. The summed E-state index contributed by atoms with van der Waals surface area (Å²) in [5.74, 6) is 0.279. The fourth-order valence-corrected chi connectivity index (χ4v) is 2.69. The molecular formula is C16H23F3N6O. The number of halogens is 3. The SMILES string of the molecule is CN=C(NCCNC(=O)c1cccnc1)NC1CCN(CC(F)(F)F)C1. The zero-order valence-electron chi connectivity index (χ0n) is 14.5. The van der Waals surface area contributed by atoms with Crippen molar-refractivity contribution in [3.63, 3.8) is 0 Å². The van der Waals surface area contributed by atoms with Crippen molar-refractivity contribution in [2.75, 3.05) is 39.8 Å². The van der Waals surface area contributed by atoms with E-state index in [1.807, 2.05) is 0 Å². The summed E-state index contributed by atoms with van der Waals surface area (Å²) in [5.41, 5.74) is 0.478. The molecule has 1 amide bonds. The lowest BCUT2D eigenvalue weighted by Crippen LogP contribution is -2.47. The molecule has 0 spiro atoms. The first-order valence-electron chi connectivity index (χ1n) is 8.32. The quantitative estimate of drug-likeness (QED) is 0.387. The topological polar surface area (TPSA) is 81.6 Å². The van der Waals surface area contributed by atoms with E-state index < -0.39 is 12.7 Å². The highest BCUT2D eigenvalue weighted by atomic mass is 19.4. The van der Waals surface area contributed by atoms with Gasteiger partial charge in [0.25, 0.3) is 5.91 Å². The summed E-state index contributed by atoms with van der Waals surface area (Å²) in [7, 11) is 1.59. The van der Waals surface area contributed by atoms with Gasteiger partial charge in [0.05, 0.1) is 12.1 Å². The molecule has 26 heavy (non-hydrogen) atoms. The van der Waals surface area contributed by atoms with Gasteiger partial charge in [-0.2, -0.15) is 13.2 Å². The molecule has 1 aromatic heterocycles. The van der Waals surface area contributed by atoms with E-state index >= 15 is 0 Å². The molecule has 0 bridgehead atoms. The maximum Gasteiger partial charge on any atom is 0.401 e. The van der Waals surface area contributed by atoms with Crippen LogP contribution in [0.25, 0.3) is 0 Å². The Kier molecular flexibility index (Phi) is 7.19. The van der Waals surface area contributed by atoms with E-state index in [2.05, 4.69) is 25.9 Å². The van der Waals surface area contributed by atoms with Gasteiger partial charge in [0.1, 0.15) is 0 Å². The van der Waals surface area contributed by atoms with E-state index in [1.54, 1.807) is 25.4 Å². The van der Waals surface area contributed by atoms with E-state index in [-0.39, 0.29) is 11.9 Å². The first-order chi connectivity index (χ1) is 12.4. The molecule has 2 heterocycles. The molecule has 0 radical (unpaired) electrons. The minimum Gasteiger partial charge on any atom is -0.355 e. The Labute approximate surface area is 150 Å². The number of likely N-dealkylation sites (tertiary alicyclic amines) is 1. The molecule has 0 aromatic carbocycles. The predicted molar refractivity (Wildman–Crippen MR) is 92.0 cm³/mol. The van der Waals surface area contributed by atoms with Gasteiger partial charge in [0.2, 0.25) is 0 Å². The lowest BCUT2D eigenvalue weighted by atomic mass is 10.3. The van der Waals surface area contributed by atoms with Gasteiger partial charge in [-0.15, -0.1) is 0 Å². The van der Waals surface area contributed by atoms with Crippen LogP contribution in [-0.4, -0.2) is 73.7 Å². The van der Waals surface area contributed by atoms with Crippen molar-refractivity contribution < 1.29 is 18.0 Å². The molecule has 2 rings (SSSR count). The van der Waals surface area contributed by atoms with Crippen molar-refractivity contribution in [2.45, 2.75) is 18.6 Å². The van der Waals surface area contributed by atoms with Crippen LogP contribution in [0.4, 0.5) is 13.2 Å². The van der Waals surface area contributed by atoms with Crippen LogP contribution in [0.5, 0.6) is 0 Å². The summed E-state index contributed by atoms with van der Waals surface area (Å²) < 4.78 is 37.3. The number of rotatable bonds is 6. The van der Waals surface area contributed by atoms with Crippen molar-refractivity contribution in [3.05, 3.63) is 30.1 Å². The summed E-state index contributed by atoms with van der Waals surface area (Å²) in [4.78, 5) is 21.2. The Balaban J connectivity index is 1.66. The van der Waals surface area contributed by atoms with E-state index in [9.17, 15) is 18.0 Å². The highest BCUT2D eigenvalue weighted by Gasteiger charge is 2.34. The molecule has 144 valence electrons. The molecule has 1 saturated heterocycles. The zero-order valence-corrected chi connectivity index (χ0v) is 14.5. The largest absolute Gasteiger partial charge is 0.401 e. The third-order valence-corrected chi connectivity index (χ3v) is 3.87. The minimum atomic E-state index is -4.18. The first-order valence-corrected chi connectivity index (χ1v) is 8.32. The maximum atomic E-state index is 12.4. The summed E-state index contributed by atoms with van der Waals surface area (Å²) >= 11 is 0. The van der Waals surface area contributed by atoms with Gasteiger partial charge in [-0.1, -0.05) is 0 Å². The van der Waals surface area contributed by atoms with Crippen LogP contribution in [0, 0.1) is 0 Å². The number of carbonyl (C=O) groups excluding carboxylic acids is 1. The lowest BCUT2D eigenvalue weighted by molar-refractivity contribution is -0.143. The van der Waals surface area contributed by atoms with E-state index in [4.69, 9.17) is 0 Å². The molecular weight excluding hydrogens is 349 g/mol. The lowest BCUT2D eigenvalue weighted by Gasteiger charge is -2.19. The van der Waals surface area contributed by atoms with E-state index in [0.717, 1.165) is 0 Å². The number of nitrogens with one attached hydrogen (secondary N) is 3. The van der Waals surface area contributed by atoms with Gasteiger partial charge in [-0.25, -0.2) is 0 Å². The van der Waals surface area contributed by atoms with Gasteiger partial charge in [0, 0.05) is 51.7 Å². The molecule has 1 fully saturated rings. The monoisotopic (exact) mass is 372 g/mol. The van der Waals surface area contributed by atoms with Gasteiger partial charge in [0.15, 0.2) is 5.96 Å². The molecule has 1 aliphatic heterocycles. The molecule has 0 saturated carbocycles. The number of aromatic nitrogens is 1. The second kappa shape index (κ2) is 9.37. The normalized spacial score (nSPS) is 18.6. The van der Waals surface area contributed by atoms with Crippen LogP contribution >= 0.6 is 0 Å². The number of alkyl halides is 3. The van der Waals surface area contributed by atoms with Gasteiger partial charge < -0.3 is 16.0 Å². The van der Waals surface area contributed by atoms with Crippen LogP contribution in [0.15, 0.2) is 29.5 Å². The van der Waals surface area contributed by atoms with Crippen LogP contribution in [0.2, 0.25) is 0 Å². The van der Waals surface area contributed by atoms with Gasteiger partial charge in [-0.05, 0) is 18.6 Å². The smallest absolute Gasteiger partial charge is 0.355 e. The molecule has 3 N–H and O–H groups in total. The predicted octanol–water partition coefficient (Wildman–Crippen LogP) is 0.613. The summed E-state index contributed by atoms with van der Waals surface area (Å²) in [6.45, 7) is 0.634. The molecule has 1 atom stereocenters. The highest BCUT2D eigenvalue weighted by molar-refractivity contribution is 5.93. The Morgan fingerprint density at radius 3 is 2.81 bits per heavy atom. The van der Waals surface area contributed by atoms with Crippen molar-refractivity contribution >= 4 is 11.9 Å². The molecule has 1 aliphatic rings. The average molecular weight is 372 g/mol. The number of hydrogen-bond acceptors (Lipinski definition) is 4. The number of carbonyl (C=O) groups is 1. The second-order valence-electron chi connectivity index (χ2n) is 5.98. The fraction of sp³-hybridized carbons (Fsp3) is 0.562. The molecule has 1 unspecified atom stereocenters. The zero-order chi connectivity index (χ0) is 19.0. The third-order valence-electron chi connectivity index (χ3n) is 3.87. The summed E-state index contributed by atoms with van der Waals surface area (Å²) in [6, 6.07) is 3.26. The fourth-order valence-electron chi connectivity index (χ4n) is 2.69. The number of amides is 1. The van der Waals surface area contributed by atoms with Crippen molar-refractivity contribution in [1.29, 1.82) is 0 Å². The summed E-state index contributed by atoms with van der Waals surface area (Å²) in [5, 5.41) is 8.89. The number of guanidine groups is 1. The number of pyridine rings is 1. The molecule has 1 aromatic rings.